The Morgan fingerprint density at radius 1 is 1.31 bits per heavy atom. The zero-order valence-electron chi connectivity index (χ0n) is 15.9. The summed E-state index contributed by atoms with van der Waals surface area (Å²) >= 11 is 12.1. The van der Waals surface area contributed by atoms with Crippen molar-refractivity contribution in [3.63, 3.8) is 0 Å². The first kappa shape index (κ1) is 20.8. The maximum absolute atomic E-state index is 12.6. The van der Waals surface area contributed by atoms with Gasteiger partial charge in [0.25, 0.3) is 0 Å². The zero-order valence-corrected chi connectivity index (χ0v) is 17.4. The van der Waals surface area contributed by atoms with Crippen LogP contribution in [0.5, 0.6) is 0 Å². The minimum absolute atomic E-state index is 0.135. The van der Waals surface area contributed by atoms with Crippen molar-refractivity contribution in [3.05, 3.63) is 67.6 Å². The monoisotopic (exact) mass is 436 g/mol. The van der Waals surface area contributed by atoms with Gasteiger partial charge < -0.3 is 5.32 Å². The third-order valence-corrected chi connectivity index (χ3v) is 5.12. The van der Waals surface area contributed by atoms with Crippen LogP contribution in [0.4, 0.5) is 11.5 Å². The molecule has 9 nitrogen and oxygen atoms in total. The van der Waals surface area contributed by atoms with Crippen LogP contribution in [0.2, 0.25) is 10.0 Å². The standard InChI is InChI=1S/C18H18Cl2N6O3/c1-10-6-17(23-24(10)9-13-4-5-14(19)7-15(13)20)22-18(27)12(3)25-11(2)16(8-21-25)26(28)29/h4-8,12H,9H2,1-3H3,(H,22,23,27). The molecule has 2 heterocycles. The van der Waals surface area contributed by atoms with Crippen molar-refractivity contribution >= 4 is 40.6 Å². The van der Waals surface area contributed by atoms with Gasteiger partial charge in [-0.1, -0.05) is 29.3 Å². The van der Waals surface area contributed by atoms with E-state index in [0.717, 1.165) is 17.5 Å². The van der Waals surface area contributed by atoms with Gasteiger partial charge in [-0.25, -0.2) is 0 Å². The second-order valence-corrected chi connectivity index (χ2v) is 7.39. The first-order valence-electron chi connectivity index (χ1n) is 8.65. The number of carbonyl (C=O) groups is 1. The molecule has 0 aliphatic rings. The lowest BCUT2D eigenvalue weighted by Gasteiger charge is -2.12. The third-order valence-electron chi connectivity index (χ3n) is 4.53. The normalized spacial score (nSPS) is 12.0. The second kappa shape index (κ2) is 8.22. The number of nitro groups is 1. The summed E-state index contributed by atoms with van der Waals surface area (Å²) < 4.78 is 3.02. The highest BCUT2D eigenvalue weighted by molar-refractivity contribution is 6.35. The van der Waals surface area contributed by atoms with Crippen molar-refractivity contribution in [1.29, 1.82) is 0 Å². The number of aryl methyl sites for hydroxylation is 1. The van der Waals surface area contributed by atoms with Gasteiger partial charge >= 0.3 is 5.69 Å². The molecule has 0 saturated heterocycles. The van der Waals surface area contributed by atoms with Crippen molar-refractivity contribution in [2.24, 2.45) is 0 Å². The average molecular weight is 437 g/mol. The van der Waals surface area contributed by atoms with Crippen LogP contribution in [0.15, 0.2) is 30.5 Å². The largest absolute Gasteiger partial charge is 0.309 e. The van der Waals surface area contributed by atoms with E-state index in [2.05, 4.69) is 15.5 Å². The van der Waals surface area contributed by atoms with E-state index in [0.29, 0.717) is 28.1 Å². The van der Waals surface area contributed by atoms with E-state index in [-0.39, 0.29) is 11.6 Å². The Morgan fingerprint density at radius 3 is 2.66 bits per heavy atom. The molecule has 3 aromatic rings. The van der Waals surface area contributed by atoms with Gasteiger partial charge in [-0.3, -0.25) is 24.3 Å². The number of nitrogens with zero attached hydrogens (tertiary/aromatic N) is 5. The molecule has 11 heteroatoms. The van der Waals surface area contributed by atoms with Crippen LogP contribution in [0, 0.1) is 24.0 Å². The number of amides is 1. The number of hydrogen-bond acceptors (Lipinski definition) is 5. The highest BCUT2D eigenvalue weighted by atomic mass is 35.5. The van der Waals surface area contributed by atoms with Crippen LogP contribution in [-0.4, -0.2) is 30.4 Å². The highest BCUT2D eigenvalue weighted by Crippen LogP contribution is 2.23. The number of benzene rings is 1. The Kier molecular flexibility index (Phi) is 5.90. The SMILES string of the molecule is Cc1cc(NC(=O)C(C)n2ncc([N+](=O)[O-])c2C)nn1Cc1ccc(Cl)cc1Cl. The Bertz CT molecular complexity index is 1090. The first-order chi connectivity index (χ1) is 13.7. The molecule has 0 aliphatic heterocycles. The van der Waals surface area contributed by atoms with Crippen LogP contribution in [0.25, 0.3) is 0 Å². The van der Waals surface area contributed by atoms with Gasteiger partial charge in [-0.05, 0) is 38.5 Å². The molecule has 3 rings (SSSR count). The van der Waals surface area contributed by atoms with Crippen LogP contribution in [0.1, 0.15) is 29.9 Å². The predicted molar refractivity (Wildman–Crippen MR) is 109 cm³/mol. The number of aromatic nitrogens is 4. The van der Waals surface area contributed by atoms with E-state index in [1.165, 1.54) is 4.68 Å². The molecule has 0 aliphatic carbocycles. The topological polar surface area (TPSA) is 108 Å². The molecule has 0 radical (unpaired) electrons. The maximum atomic E-state index is 12.6. The Hall–Kier alpha value is -2.91. The van der Waals surface area contributed by atoms with Gasteiger partial charge in [0.05, 0.1) is 11.5 Å². The predicted octanol–water partition coefficient (Wildman–Crippen LogP) is 4.16. The van der Waals surface area contributed by atoms with Gasteiger partial charge in [-0.2, -0.15) is 10.2 Å². The molecule has 0 bridgehead atoms. The summed E-state index contributed by atoms with van der Waals surface area (Å²) in [6.45, 7) is 5.43. The Morgan fingerprint density at radius 2 is 2.03 bits per heavy atom. The lowest BCUT2D eigenvalue weighted by molar-refractivity contribution is -0.385. The molecule has 1 aromatic carbocycles. The first-order valence-corrected chi connectivity index (χ1v) is 9.40. The van der Waals surface area contributed by atoms with Crippen LogP contribution in [-0.2, 0) is 11.3 Å². The number of anilines is 1. The zero-order chi connectivity index (χ0) is 21.3. The smallest absolute Gasteiger partial charge is 0.307 e. The highest BCUT2D eigenvalue weighted by Gasteiger charge is 2.24. The Balaban J connectivity index is 1.74. The van der Waals surface area contributed by atoms with Gasteiger partial charge in [0.1, 0.15) is 17.9 Å². The summed E-state index contributed by atoms with van der Waals surface area (Å²) in [5.41, 5.74) is 1.83. The molecule has 1 unspecified atom stereocenters. The lowest BCUT2D eigenvalue weighted by Crippen LogP contribution is -2.25. The Labute approximate surface area is 176 Å². The minimum atomic E-state index is -0.750. The van der Waals surface area contributed by atoms with E-state index in [4.69, 9.17) is 23.2 Å². The number of rotatable bonds is 6. The quantitative estimate of drug-likeness (QED) is 0.460. The molecule has 0 saturated carbocycles. The van der Waals surface area contributed by atoms with Gasteiger partial charge in [-0.15, -0.1) is 0 Å². The van der Waals surface area contributed by atoms with E-state index in [1.54, 1.807) is 36.7 Å². The molecule has 1 atom stereocenters. The van der Waals surface area contributed by atoms with Crippen molar-refractivity contribution in [1.82, 2.24) is 19.6 Å². The minimum Gasteiger partial charge on any atom is -0.307 e. The van der Waals surface area contributed by atoms with E-state index in [9.17, 15) is 14.9 Å². The lowest BCUT2D eigenvalue weighted by atomic mass is 10.2. The molecule has 2 aromatic heterocycles. The summed E-state index contributed by atoms with van der Waals surface area (Å²) in [5.74, 6) is -0.0241. The van der Waals surface area contributed by atoms with E-state index in [1.807, 2.05) is 13.0 Å². The van der Waals surface area contributed by atoms with E-state index >= 15 is 0 Å². The third kappa shape index (κ3) is 4.41. The molecule has 29 heavy (non-hydrogen) atoms. The number of hydrogen-bond donors (Lipinski definition) is 1. The summed E-state index contributed by atoms with van der Waals surface area (Å²) in [4.78, 5) is 23.0. The van der Waals surface area contributed by atoms with Crippen molar-refractivity contribution < 1.29 is 9.72 Å². The average Bonchev–Trinajstić information content (AvgIpc) is 3.19. The van der Waals surface area contributed by atoms with Gasteiger partial charge in [0.2, 0.25) is 5.91 Å². The van der Waals surface area contributed by atoms with Crippen LogP contribution in [0.3, 0.4) is 0 Å². The van der Waals surface area contributed by atoms with Crippen molar-refractivity contribution in [3.8, 4) is 0 Å². The molecule has 1 N–H and O–H groups in total. The van der Waals surface area contributed by atoms with Crippen LogP contribution < -0.4 is 5.32 Å². The summed E-state index contributed by atoms with van der Waals surface area (Å²) in [5, 5.41) is 23.1. The molecular weight excluding hydrogens is 419 g/mol. The summed E-state index contributed by atoms with van der Waals surface area (Å²) in [6, 6.07) is 6.21. The fourth-order valence-corrected chi connectivity index (χ4v) is 3.34. The van der Waals surface area contributed by atoms with E-state index < -0.39 is 11.0 Å². The second-order valence-electron chi connectivity index (χ2n) is 6.55. The summed E-state index contributed by atoms with van der Waals surface area (Å²) in [7, 11) is 0. The van der Waals surface area contributed by atoms with Crippen molar-refractivity contribution in [2.75, 3.05) is 5.32 Å². The van der Waals surface area contributed by atoms with Crippen LogP contribution >= 0.6 is 23.2 Å². The summed E-state index contributed by atoms with van der Waals surface area (Å²) in [6.07, 6.45) is 1.13. The molecule has 1 amide bonds. The number of carbonyl (C=O) groups excluding carboxylic acids is 1. The molecule has 0 spiro atoms. The number of halogens is 2. The van der Waals surface area contributed by atoms with Gasteiger partial charge in [0.15, 0.2) is 5.82 Å². The number of nitrogens with one attached hydrogen (secondary N) is 1. The maximum Gasteiger partial charge on any atom is 0.309 e. The van der Waals surface area contributed by atoms with Crippen molar-refractivity contribution in [2.45, 2.75) is 33.4 Å². The molecular formula is C18H18Cl2N6O3. The van der Waals surface area contributed by atoms with Gasteiger partial charge in [0, 0.05) is 21.8 Å². The fourth-order valence-electron chi connectivity index (χ4n) is 2.87. The molecule has 152 valence electrons. The molecule has 0 fully saturated rings. The fraction of sp³-hybridized carbons (Fsp3) is 0.278.